The molecular formula is C16H12BrNO2. The number of ether oxygens (including phenoxy) is 1. The molecule has 0 aromatic heterocycles. The maximum Gasteiger partial charge on any atom is 0.163 e. The molecule has 0 bridgehead atoms. The minimum absolute atomic E-state index is 0.0979. The van der Waals surface area contributed by atoms with Gasteiger partial charge in [-0.25, -0.2) is 0 Å². The summed E-state index contributed by atoms with van der Waals surface area (Å²) in [7, 11) is 0. The Bertz CT molecular complexity index is 717. The molecule has 20 heavy (non-hydrogen) atoms. The van der Waals surface area contributed by atoms with Gasteiger partial charge >= 0.3 is 0 Å². The SMILES string of the molecule is CC(=O)c1ccc(C#N)cc1Oc1ccc(Br)cc1C. The second kappa shape index (κ2) is 5.89. The smallest absolute Gasteiger partial charge is 0.163 e. The van der Waals surface area contributed by atoms with Gasteiger partial charge in [0, 0.05) is 4.47 Å². The van der Waals surface area contributed by atoms with Gasteiger partial charge in [-0.1, -0.05) is 15.9 Å². The third-order valence-corrected chi connectivity index (χ3v) is 3.34. The average molecular weight is 330 g/mol. The Balaban J connectivity index is 2.46. The van der Waals surface area contributed by atoms with Crippen LogP contribution in [0, 0.1) is 18.3 Å². The van der Waals surface area contributed by atoms with Crippen LogP contribution in [0.15, 0.2) is 40.9 Å². The summed E-state index contributed by atoms with van der Waals surface area (Å²) in [5.41, 5.74) is 1.86. The van der Waals surface area contributed by atoms with E-state index in [9.17, 15) is 4.79 Å². The zero-order valence-corrected chi connectivity index (χ0v) is 12.7. The van der Waals surface area contributed by atoms with Crippen molar-refractivity contribution in [2.75, 3.05) is 0 Å². The molecule has 0 saturated carbocycles. The highest BCUT2D eigenvalue weighted by Gasteiger charge is 2.12. The van der Waals surface area contributed by atoms with E-state index in [2.05, 4.69) is 15.9 Å². The van der Waals surface area contributed by atoms with Crippen molar-refractivity contribution in [3.05, 3.63) is 57.6 Å². The van der Waals surface area contributed by atoms with Gasteiger partial charge in [0.2, 0.25) is 0 Å². The van der Waals surface area contributed by atoms with E-state index in [1.54, 1.807) is 18.2 Å². The van der Waals surface area contributed by atoms with E-state index in [1.165, 1.54) is 6.92 Å². The molecular weight excluding hydrogens is 318 g/mol. The van der Waals surface area contributed by atoms with E-state index < -0.39 is 0 Å². The summed E-state index contributed by atoms with van der Waals surface area (Å²) in [5, 5.41) is 8.95. The van der Waals surface area contributed by atoms with Gasteiger partial charge in [-0.2, -0.15) is 5.26 Å². The van der Waals surface area contributed by atoms with Crippen molar-refractivity contribution in [3.63, 3.8) is 0 Å². The Hall–Kier alpha value is -2.12. The molecule has 0 amide bonds. The number of carbonyl (C=O) groups is 1. The predicted octanol–water partition coefficient (Wildman–Crippen LogP) is 4.62. The third-order valence-electron chi connectivity index (χ3n) is 2.85. The highest BCUT2D eigenvalue weighted by molar-refractivity contribution is 9.10. The minimum Gasteiger partial charge on any atom is -0.456 e. The van der Waals surface area contributed by atoms with Crippen LogP contribution in [-0.2, 0) is 0 Å². The van der Waals surface area contributed by atoms with Crippen LogP contribution in [0.2, 0.25) is 0 Å². The molecule has 0 atom stereocenters. The maximum absolute atomic E-state index is 11.6. The highest BCUT2D eigenvalue weighted by atomic mass is 79.9. The van der Waals surface area contributed by atoms with Crippen molar-refractivity contribution >= 4 is 21.7 Å². The predicted molar refractivity (Wildman–Crippen MR) is 80.1 cm³/mol. The molecule has 0 aliphatic rings. The first kappa shape index (κ1) is 14.3. The van der Waals surface area contributed by atoms with Gasteiger partial charge in [-0.3, -0.25) is 4.79 Å². The molecule has 4 heteroatoms. The number of hydrogen-bond donors (Lipinski definition) is 0. The van der Waals surface area contributed by atoms with Crippen LogP contribution in [0.25, 0.3) is 0 Å². The Morgan fingerprint density at radius 2 is 1.95 bits per heavy atom. The molecule has 0 heterocycles. The van der Waals surface area contributed by atoms with Crippen LogP contribution in [0.4, 0.5) is 0 Å². The van der Waals surface area contributed by atoms with Crippen LogP contribution < -0.4 is 4.74 Å². The van der Waals surface area contributed by atoms with Gasteiger partial charge in [0.1, 0.15) is 11.5 Å². The number of hydrogen-bond acceptors (Lipinski definition) is 3. The summed E-state index contributed by atoms with van der Waals surface area (Å²) >= 11 is 3.39. The lowest BCUT2D eigenvalue weighted by Gasteiger charge is -2.12. The molecule has 0 aliphatic carbocycles. The van der Waals surface area contributed by atoms with E-state index in [0.29, 0.717) is 22.6 Å². The van der Waals surface area contributed by atoms with Gasteiger partial charge < -0.3 is 4.74 Å². The van der Waals surface area contributed by atoms with Crippen molar-refractivity contribution in [1.82, 2.24) is 0 Å². The van der Waals surface area contributed by atoms with Crippen LogP contribution in [-0.4, -0.2) is 5.78 Å². The Morgan fingerprint density at radius 3 is 2.55 bits per heavy atom. The third kappa shape index (κ3) is 3.06. The lowest BCUT2D eigenvalue weighted by Crippen LogP contribution is -1.98. The zero-order chi connectivity index (χ0) is 14.7. The number of benzene rings is 2. The monoisotopic (exact) mass is 329 g/mol. The molecule has 0 saturated heterocycles. The topological polar surface area (TPSA) is 50.1 Å². The highest BCUT2D eigenvalue weighted by Crippen LogP contribution is 2.30. The second-order valence-corrected chi connectivity index (χ2v) is 5.31. The molecule has 3 nitrogen and oxygen atoms in total. The molecule has 0 aliphatic heterocycles. The van der Waals surface area contributed by atoms with Crippen LogP contribution in [0.1, 0.15) is 28.4 Å². The van der Waals surface area contributed by atoms with Crippen molar-refractivity contribution in [2.45, 2.75) is 13.8 Å². The molecule has 100 valence electrons. The first-order valence-electron chi connectivity index (χ1n) is 6.00. The van der Waals surface area contributed by atoms with E-state index in [-0.39, 0.29) is 5.78 Å². The number of halogens is 1. The lowest BCUT2D eigenvalue weighted by atomic mass is 10.1. The van der Waals surface area contributed by atoms with Gasteiger partial charge in [-0.15, -0.1) is 0 Å². The Kier molecular flexibility index (Phi) is 4.21. The molecule has 0 radical (unpaired) electrons. The van der Waals surface area contributed by atoms with Crippen LogP contribution in [0.3, 0.4) is 0 Å². The van der Waals surface area contributed by atoms with Gasteiger partial charge in [0.25, 0.3) is 0 Å². The van der Waals surface area contributed by atoms with Crippen molar-refractivity contribution in [3.8, 4) is 17.6 Å². The first-order valence-corrected chi connectivity index (χ1v) is 6.79. The van der Waals surface area contributed by atoms with Crippen LogP contribution in [0.5, 0.6) is 11.5 Å². The number of nitrogens with zero attached hydrogens (tertiary/aromatic N) is 1. The quantitative estimate of drug-likeness (QED) is 0.771. The largest absolute Gasteiger partial charge is 0.456 e. The summed E-state index contributed by atoms with van der Waals surface area (Å²) < 4.78 is 6.76. The molecule has 0 fully saturated rings. The number of carbonyl (C=O) groups excluding carboxylic acids is 1. The molecule has 2 rings (SSSR count). The molecule has 2 aromatic rings. The number of ketones is 1. The Morgan fingerprint density at radius 1 is 1.20 bits per heavy atom. The number of rotatable bonds is 3. The summed E-state index contributed by atoms with van der Waals surface area (Å²) in [6.45, 7) is 3.39. The van der Waals surface area contributed by atoms with Crippen molar-refractivity contribution in [2.24, 2.45) is 0 Å². The molecule has 2 aromatic carbocycles. The van der Waals surface area contributed by atoms with Gasteiger partial charge in [0.15, 0.2) is 5.78 Å². The second-order valence-electron chi connectivity index (χ2n) is 4.39. The van der Waals surface area contributed by atoms with E-state index >= 15 is 0 Å². The fraction of sp³-hybridized carbons (Fsp3) is 0.125. The molecule has 0 N–H and O–H groups in total. The van der Waals surface area contributed by atoms with E-state index in [0.717, 1.165) is 10.0 Å². The Labute approximate surface area is 125 Å². The van der Waals surface area contributed by atoms with Crippen molar-refractivity contribution in [1.29, 1.82) is 5.26 Å². The van der Waals surface area contributed by atoms with E-state index in [4.69, 9.17) is 10.00 Å². The van der Waals surface area contributed by atoms with Gasteiger partial charge in [0.05, 0.1) is 17.2 Å². The van der Waals surface area contributed by atoms with Crippen LogP contribution >= 0.6 is 15.9 Å². The molecule has 0 spiro atoms. The van der Waals surface area contributed by atoms with E-state index in [1.807, 2.05) is 31.2 Å². The number of Topliss-reactive ketones (excluding diaryl/α,β-unsaturated/α-hetero) is 1. The minimum atomic E-state index is -0.0979. The zero-order valence-electron chi connectivity index (χ0n) is 11.1. The number of aryl methyl sites for hydroxylation is 1. The van der Waals surface area contributed by atoms with Crippen molar-refractivity contribution < 1.29 is 9.53 Å². The first-order chi connectivity index (χ1) is 9.51. The summed E-state index contributed by atoms with van der Waals surface area (Å²) in [4.78, 5) is 11.6. The standard InChI is InChI=1S/C16H12BrNO2/c1-10-7-13(17)4-6-15(10)20-16-8-12(9-18)3-5-14(16)11(2)19/h3-8H,1-2H3. The summed E-state index contributed by atoms with van der Waals surface area (Å²) in [6.07, 6.45) is 0. The maximum atomic E-state index is 11.6. The lowest BCUT2D eigenvalue weighted by molar-refractivity contribution is 0.101. The van der Waals surface area contributed by atoms with Gasteiger partial charge in [-0.05, 0) is 55.8 Å². The normalized spacial score (nSPS) is 9.90. The fourth-order valence-corrected chi connectivity index (χ4v) is 2.29. The summed E-state index contributed by atoms with van der Waals surface area (Å²) in [5.74, 6) is 0.965. The average Bonchev–Trinajstić information content (AvgIpc) is 2.41. The molecule has 0 unspecified atom stereocenters. The fourth-order valence-electron chi connectivity index (χ4n) is 1.81. The number of nitriles is 1. The summed E-state index contributed by atoms with van der Waals surface area (Å²) in [6, 6.07) is 12.5.